The van der Waals surface area contributed by atoms with Crippen LogP contribution < -0.4 is 0 Å². The molecule has 3 heteroatoms. The number of para-hydroxylation sites is 2. The molecule has 0 amide bonds. The summed E-state index contributed by atoms with van der Waals surface area (Å²) in [4.78, 5) is 0. The Kier molecular flexibility index (Phi) is 2.60. The van der Waals surface area contributed by atoms with Crippen LogP contribution in [0.4, 0.5) is 0 Å². The molecular formula is C30H18ClNO. The number of furan rings is 1. The van der Waals surface area contributed by atoms with Crippen molar-refractivity contribution in [3.8, 4) is 16.8 Å². The monoisotopic (exact) mass is 451 g/mol. The van der Waals surface area contributed by atoms with Crippen molar-refractivity contribution >= 4 is 55.3 Å². The van der Waals surface area contributed by atoms with E-state index in [1.54, 1.807) is 12.1 Å². The van der Waals surface area contributed by atoms with Gasteiger partial charge >= 0.3 is 0 Å². The second-order valence-corrected chi connectivity index (χ2v) is 8.20. The van der Waals surface area contributed by atoms with E-state index < -0.39 is 24.2 Å². The summed E-state index contributed by atoms with van der Waals surface area (Å²) in [5.41, 5.74) is 3.24. The Morgan fingerprint density at radius 1 is 0.697 bits per heavy atom. The van der Waals surface area contributed by atoms with Gasteiger partial charge < -0.3 is 8.98 Å². The Bertz CT molecular complexity index is 2180. The van der Waals surface area contributed by atoms with Gasteiger partial charge in [-0.05, 0) is 41.9 Å². The minimum Gasteiger partial charge on any atom is -0.455 e. The molecule has 0 fully saturated rings. The lowest BCUT2D eigenvalue weighted by atomic mass is 10.0. The van der Waals surface area contributed by atoms with Crippen LogP contribution in [0.25, 0.3) is 60.6 Å². The Morgan fingerprint density at radius 2 is 1.39 bits per heavy atom. The predicted octanol–water partition coefficient (Wildman–Crippen LogP) is 9.00. The van der Waals surface area contributed by atoms with E-state index in [9.17, 15) is 0 Å². The highest BCUT2D eigenvalue weighted by atomic mass is 35.5. The van der Waals surface area contributed by atoms with E-state index in [2.05, 4.69) is 0 Å². The van der Waals surface area contributed by atoms with Crippen molar-refractivity contribution in [3.05, 3.63) is 114 Å². The summed E-state index contributed by atoms with van der Waals surface area (Å²) in [7, 11) is 0. The largest absolute Gasteiger partial charge is 0.455 e. The first-order valence-electron chi connectivity index (χ1n) is 14.3. The van der Waals surface area contributed by atoms with Crippen LogP contribution in [0.1, 0.15) is 11.0 Å². The van der Waals surface area contributed by atoms with Crippen LogP contribution in [0.15, 0.2) is 113 Å². The average molecular weight is 452 g/mol. The van der Waals surface area contributed by atoms with Crippen molar-refractivity contribution in [2.24, 2.45) is 0 Å². The fraction of sp³-hybridized carbons (Fsp3) is 0. The Balaban J connectivity index is 1.76. The molecule has 0 aliphatic rings. The van der Waals surface area contributed by atoms with Crippen LogP contribution in [-0.2, 0) is 0 Å². The van der Waals surface area contributed by atoms with Gasteiger partial charge in [0.1, 0.15) is 11.2 Å². The minimum absolute atomic E-state index is 0.0307. The summed E-state index contributed by atoms with van der Waals surface area (Å²) < 4.78 is 76.3. The first-order chi connectivity index (χ1) is 19.6. The third-order valence-corrected chi connectivity index (χ3v) is 6.13. The molecule has 0 aliphatic carbocycles. The molecule has 7 aromatic rings. The van der Waals surface area contributed by atoms with Crippen molar-refractivity contribution in [2.75, 3.05) is 0 Å². The van der Waals surface area contributed by atoms with Crippen molar-refractivity contribution in [1.82, 2.24) is 4.57 Å². The highest BCUT2D eigenvalue weighted by Crippen LogP contribution is 2.40. The van der Waals surface area contributed by atoms with Gasteiger partial charge in [-0.25, -0.2) is 0 Å². The van der Waals surface area contributed by atoms with E-state index in [1.165, 1.54) is 4.57 Å². The van der Waals surface area contributed by atoms with Crippen molar-refractivity contribution in [2.45, 2.75) is 0 Å². The van der Waals surface area contributed by atoms with E-state index >= 15 is 0 Å². The lowest BCUT2D eigenvalue weighted by Crippen LogP contribution is -1.95. The van der Waals surface area contributed by atoms with Gasteiger partial charge in [0.2, 0.25) is 0 Å². The summed E-state index contributed by atoms with van der Waals surface area (Å²) in [5, 5.41) is 2.05. The SMILES string of the molecule is [2H]c1c([2H])c([2H])c2c(c1[2H])c1c([2H])c([2H])c([2H])c([2H])c1n2-c1cc(-c2ccccc2)c2oc3cc(Cl)ccc3c2c1. The van der Waals surface area contributed by atoms with E-state index in [0.29, 0.717) is 32.8 Å². The molecule has 0 saturated heterocycles. The second kappa shape index (κ2) is 6.99. The molecule has 2 heterocycles. The van der Waals surface area contributed by atoms with Crippen molar-refractivity contribution in [1.29, 1.82) is 0 Å². The number of halogens is 1. The number of rotatable bonds is 2. The van der Waals surface area contributed by atoms with Crippen LogP contribution in [0, 0.1) is 0 Å². The van der Waals surface area contributed by atoms with Crippen LogP contribution in [0.5, 0.6) is 0 Å². The zero-order valence-electron chi connectivity index (χ0n) is 25.0. The molecule has 5 aromatic carbocycles. The Morgan fingerprint density at radius 3 is 2.12 bits per heavy atom. The van der Waals surface area contributed by atoms with Gasteiger partial charge in [0.25, 0.3) is 0 Å². The molecule has 7 rings (SSSR count). The highest BCUT2D eigenvalue weighted by molar-refractivity contribution is 6.31. The number of benzene rings is 5. The van der Waals surface area contributed by atoms with Gasteiger partial charge in [-0.1, -0.05) is 78.2 Å². The first kappa shape index (κ1) is 12.3. The van der Waals surface area contributed by atoms with Crippen LogP contribution in [-0.4, -0.2) is 4.57 Å². The first-order valence-corrected chi connectivity index (χ1v) is 10.7. The maximum Gasteiger partial charge on any atom is 0.143 e. The Labute approximate surface area is 206 Å². The summed E-state index contributed by atoms with van der Waals surface area (Å²) in [6.45, 7) is 0. The minimum atomic E-state index is -0.480. The lowest BCUT2D eigenvalue weighted by molar-refractivity contribution is 0.670. The molecule has 2 aromatic heterocycles. The van der Waals surface area contributed by atoms with Gasteiger partial charge in [-0.2, -0.15) is 0 Å². The number of hydrogen-bond donors (Lipinski definition) is 0. The Hall–Kier alpha value is -4.01. The summed E-state index contributed by atoms with van der Waals surface area (Å²) in [6, 6.07) is 15.1. The molecule has 156 valence electrons. The van der Waals surface area contributed by atoms with E-state index in [1.807, 2.05) is 48.5 Å². The zero-order valence-corrected chi connectivity index (χ0v) is 17.8. The van der Waals surface area contributed by atoms with Crippen LogP contribution in [0.2, 0.25) is 5.02 Å². The topological polar surface area (TPSA) is 18.1 Å². The molecule has 0 saturated carbocycles. The molecule has 0 N–H and O–H groups in total. The summed E-state index contributed by atoms with van der Waals surface area (Å²) in [5.74, 6) is 0. The van der Waals surface area contributed by atoms with Crippen LogP contribution in [0.3, 0.4) is 0 Å². The molecule has 0 spiro atoms. The van der Waals surface area contributed by atoms with Gasteiger partial charge in [0.05, 0.1) is 22.0 Å². The maximum atomic E-state index is 8.84. The predicted molar refractivity (Wildman–Crippen MR) is 139 cm³/mol. The molecular weight excluding hydrogens is 426 g/mol. The molecule has 0 atom stereocenters. The molecule has 0 unspecified atom stereocenters. The normalized spacial score (nSPS) is 15.2. The fourth-order valence-corrected chi connectivity index (χ4v) is 4.64. The standard InChI is InChI=1S/C30H18ClNO/c31-20-14-15-24-26-18-21(17-25(19-8-2-1-3-9-19)30(26)33-29(24)16-20)32-27-12-6-4-10-22(27)23-11-5-7-13-28(23)32/h1-18H/i4D,5D,6D,7D,10D,11D,12D,13D. The maximum absolute atomic E-state index is 8.84. The molecule has 0 radical (unpaired) electrons. The molecule has 33 heavy (non-hydrogen) atoms. The molecule has 2 nitrogen and oxygen atoms in total. The van der Waals surface area contributed by atoms with Gasteiger partial charge in [-0.3, -0.25) is 0 Å². The number of aromatic nitrogens is 1. The number of hydrogen-bond acceptors (Lipinski definition) is 1. The van der Waals surface area contributed by atoms with Gasteiger partial charge in [-0.15, -0.1) is 0 Å². The lowest BCUT2D eigenvalue weighted by Gasteiger charge is -2.11. The summed E-state index contributed by atoms with van der Waals surface area (Å²) >= 11 is 6.26. The summed E-state index contributed by atoms with van der Waals surface area (Å²) in [6.07, 6.45) is 0. The van der Waals surface area contributed by atoms with E-state index in [0.717, 1.165) is 10.9 Å². The smallest absolute Gasteiger partial charge is 0.143 e. The number of fused-ring (bicyclic) bond motifs is 6. The van der Waals surface area contributed by atoms with Crippen LogP contribution >= 0.6 is 11.6 Å². The van der Waals surface area contributed by atoms with E-state index in [4.69, 9.17) is 27.0 Å². The zero-order chi connectivity index (χ0) is 28.9. The van der Waals surface area contributed by atoms with Crippen molar-refractivity contribution < 1.29 is 15.4 Å². The van der Waals surface area contributed by atoms with Gasteiger partial charge in [0, 0.05) is 43.9 Å². The molecule has 0 aliphatic heterocycles. The van der Waals surface area contributed by atoms with Crippen molar-refractivity contribution in [3.63, 3.8) is 0 Å². The fourth-order valence-electron chi connectivity index (χ4n) is 4.48. The highest BCUT2D eigenvalue weighted by Gasteiger charge is 2.18. The van der Waals surface area contributed by atoms with Gasteiger partial charge in [0.15, 0.2) is 0 Å². The number of nitrogens with zero attached hydrogens (tertiary/aromatic N) is 1. The quantitative estimate of drug-likeness (QED) is 0.256. The van der Waals surface area contributed by atoms with E-state index in [-0.39, 0.29) is 46.0 Å². The third kappa shape index (κ3) is 2.75. The average Bonchev–Trinajstić information content (AvgIpc) is 3.52. The molecule has 0 bridgehead atoms. The third-order valence-electron chi connectivity index (χ3n) is 5.90. The second-order valence-electron chi connectivity index (χ2n) is 7.76.